The van der Waals surface area contributed by atoms with Crippen LogP contribution in [0.2, 0.25) is 0 Å². The summed E-state index contributed by atoms with van der Waals surface area (Å²) in [4.78, 5) is 16.9. The summed E-state index contributed by atoms with van der Waals surface area (Å²) >= 11 is 0. The predicted octanol–water partition coefficient (Wildman–Crippen LogP) is 2.70. The molecular formula is C21H32N2O2. The van der Waals surface area contributed by atoms with Gasteiger partial charge in [0.05, 0.1) is 12.1 Å². The molecule has 0 spiro atoms. The molecule has 1 unspecified atom stereocenters. The summed E-state index contributed by atoms with van der Waals surface area (Å²) in [5.41, 5.74) is 0.664. The van der Waals surface area contributed by atoms with Gasteiger partial charge in [-0.1, -0.05) is 30.3 Å². The molecule has 0 saturated carbocycles. The van der Waals surface area contributed by atoms with Crippen LogP contribution in [0.15, 0.2) is 30.3 Å². The Balaban J connectivity index is 1.47. The molecule has 0 bridgehead atoms. The van der Waals surface area contributed by atoms with Crippen molar-refractivity contribution in [2.24, 2.45) is 5.92 Å². The molecule has 0 aliphatic carbocycles. The molecule has 138 valence electrons. The Morgan fingerprint density at radius 1 is 1.12 bits per heavy atom. The summed E-state index contributed by atoms with van der Waals surface area (Å²) in [5.74, 6) is 0.914. The van der Waals surface area contributed by atoms with Crippen LogP contribution in [0.25, 0.3) is 0 Å². The lowest BCUT2D eigenvalue weighted by atomic mass is 9.90. The Hall–Kier alpha value is -1.39. The molecule has 2 aliphatic rings. The van der Waals surface area contributed by atoms with Gasteiger partial charge in [-0.15, -0.1) is 0 Å². The van der Waals surface area contributed by atoms with Gasteiger partial charge in [0.15, 0.2) is 0 Å². The molecule has 4 nitrogen and oxygen atoms in total. The maximum atomic E-state index is 12.7. The molecule has 1 amide bonds. The van der Waals surface area contributed by atoms with E-state index >= 15 is 0 Å². The molecule has 1 N–H and O–H groups in total. The highest BCUT2D eigenvalue weighted by Crippen LogP contribution is 2.27. The smallest absolute Gasteiger partial charge is 0.236 e. The van der Waals surface area contributed by atoms with Gasteiger partial charge >= 0.3 is 0 Å². The fraction of sp³-hybridized carbons (Fsp3) is 0.667. The quantitative estimate of drug-likeness (QED) is 0.893. The van der Waals surface area contributed by atoms with E-state index in [0.29, 0.717) is 12.5 Å². The lowest BCUT2D eigenvalue weighted by Crippen LogP contribution is -2.50. The lowest BCUT2D eigenvalue weighted by Gasteiger charge is -2.36. The molecule has 2 fully saturated rings. The third-order valence-corrected chi connectivity index (χ3v) is 5.85. The van der Waals surface area contributed by atoms with Crippen molar-refractivity contribution in [3.8, 4) is 0 Å². The number of carbonyl (C=O) groups is 1. The molecular weight excluding hydrogens is 312 g/mol. The average molecular weight is 344 g/mol. The van der Waals surface area contributed by atoms with Gasteiger partial charge in [0, 0.05) is 19.1 Å². The number of hydrogen-bond donors (Lipinski definition) is 1. The molecule has 25 heavy (non-hydrogen) atoms. The fourth-order valence-corrected chi connectivity index (χ4v) is 4.42. The van der Waals surface area contributed by atoms with Crippen molar-refractivity contribution in [2.75, 3.05) is 26.2 Å². The Morgan fingerprint density at radius 3 is 2.44 bits per heavy atom. The Kier molecular flexibility index (Phi) is 5.80. The van der Waals surface area contributed by atoms with Gasteiger partial charge in [-0.2, -0.15) is 0 Å². The predicted molar refractivity (Wildman–Crippen MR) is 100 cm³/mol. The fourth-order valence-electron chi connectivity index (χ4n) is 4.42. The zero-order valence-corrected chi connectivity index (χ0v) is 15.7. The van der Waals surface area contributed by atoms with Crippen molar-refractivity contribution in [1.82, 2.24) is 9.80 Å². The lowest BCUT2D eigenvalue weighted by molar-refractivity contribution is -0.135. The third kappa shape index (κ3) is 4.83. The van der Waals surface area contributed by atoms with E-state index in [0.717, 1.165) is 51.7 Å². The van der Waals surface area contributed by atoms with Crippen molar-refractivity contribution in [2.45, 2.75) is 57.6 Å². The van der Waals surface area contributed by atoms with Crippen LogP contribution < -0.4 is 0 Å². The van der Waals surface area contributed by atoms with E-state index in [2.05, 4.69) is 35.2 Å². The normalized spacial score (nSPS) is 23.2. The maximum Gasteiger partial charge on any atom is 0.236 e. The number of likely N-dealkylation sites (tertiary alicyclic amines) is 2. The van der Waals surface area contributed by atoms with E-state index < -0.39 is 5.60 Å². The first kappa shape index (κ1) is 18.4. The largest absolute Gasteiger partial charge is 0.389 e. The first-order valence-corrected chi connectivity index (χ1v) is 9.71. The van der Waals surface area contributed by atoms with Gasteiger partial charge in [-0.25, -0.2) is 0 Å². The standard InChI is InChI=1S/C21H32N2O2/c1-21(2,25)19-9-6-12-23(19)16-20(24)22-13-10-18(11-14-22)15-17-7-4-3-5-8-17/h3-5,7-8,18-19,25H,6,9-16H2,1-2H3. The number of aliphatic hydroxyl groups is 1. The number of hydrogen-bond acceptors (Lipinski definition) is 3. The molecule has 2 aliphatic heterocycles. The Labute approximate surface area is 151 Å². The van der Waals surface area contributed by atoms with Gasteiger partial charge in [0.1, 0.15) is 0 Å². The van der Waals surface area contributed by atoms with E-state index in [1.807, 2.05) is 18.7 Å². The van der Waals surface area contributed by atoms with Crippen molar-refractivity contribution in [3.05, 3.63) is 35.9 Å². The minimum Gasteiger partial charge on any atom is -0.389 e. The second-order valence-corrected chi connectivity index (χ2v) is 8.30. The minimum atomic E-state index is -0.737. The van der Waals surface area contributed by atoms with Crippen molar-refractivity contribution >= 4 is 5.91 Å². The highest BCUT2D eigenvalue weighted by Gasteiger charge is 2.37. The van der Waals surface area contributed by atoms with Crippen molar-refractivity contribution in [1.29, 1.82) is 0 Å². The van der Waals surface area contributed by atoms with Crippen LogP contribution >= 0.6 is 0 Å². The molecule has 4 heteroatoms. The Bertz CT molecular complexity index is 559. The topological polar surface area (TPSA) is 43.8 Å². The number of amides is 1. The molecule has 1 atom stereocenters. The second-order valence-electron chi connectivity index (χ2n) is 8.30. The van der Waals surface area contributed by atoms with Gasteiger partial charge in [-0.05, 0) is 64.0 Å². The van der Waals surface area contributed by atoms with E-state index in [4.69, 9.17) is 0 Å². The third-order valence-electron chi connectivity index (χ3n) is 5.85. The van der Waals surface area contributed by atoms with Gasteiger partial charge in [0.25, 0.3) is 0 Å². The molecule has 2 heterocycles. The van der Waals surface area contributed by atoms with Gasteiger partial charge < -0.3 is 10.0 Å². The zero-order valence-electron chi connectivity index (χ0n) is 15.7. The monoisotopic (exact) mass is 344 g/mol. The van der Waals surface area contributed by atoms with Crippen LogP contribution in [0.4, 0.5) is 0 Å². The summed E-state index contributed by atoms with van der Waals surface area (Å²) in [6.07, 6.45) is 5.36. The van der Waals surface area contributed by atoms with Crippen LogP contribution in [-0.4, -0.2) is 58.6 Å². The first-order chi connectivity index (χ1) is 11.9. The second kappa shape index (κ2) is 7.88. The van der Waals surface area contributed by atoms with Crippen LogP contribution in [0.1, 0.15) is 45.1 Å². The Morgan fingerprint density at radius 2 is 1.80 bits per heavy atom. The van der Waals surface area contributed by atoms with E-state index in [1.54, 1.807) is 0 Å². The van der Waals surface area contributed by atoms with Gasteiger partial charge in [-0.3, -0.25) is 9.69 Å². The van der Waals surface area contributed by atoms with Crippen LogP contribution in [0, 0.1) is 5.92 Å². The number of piperidine rings is 1. The summed E-state index contributed by atoms with van der Waals surface area (Å²) in [5, 5.41) is 10.3. The van der Waals surface area contributed by atoms with Crippen molar-refractivity contribution < 1.29 is 9.90 Å². The number of nitrogens with zero attached hydrogens (tertiary/aromatic N) is 2. The summed E-state index contributed by atoms with van der Waals surface area (Å²) < 4.78 is 0. The van der Waals surface area contributed by atoms with E-state index in [-0.39, 0.29) is 11.9 Å². The minimum absolute atomic E-state index is 0.104. The average Bonchev–Trinajstić information content (AvgIpc) is 3.05. The SMILES string of the molecule is CC(C)(O)C1CCCN1CC(=O)N1CCC(Cc2ccccc2)CC1. The zero-order chi connectivity index (χ0) is 17.9. The molecule has 0 radical (unpaired) electrons. The molecule has 1 aromatic rings. The number of benzene rings is 1. The van der Waals surface area contributed by atoms with Crippen LogP contribution in [0.5, 0.6) is 0 Å². The van der Waals surface area contributed by atoms with E-state index in [1.165, 1.54) is 5.56 Å². The molecule has 1 aromatic carbocycles. The van der Waals surface area contributed by atoms with E-state index in [9.17, 15) is 9.90 Å². The van der Waals surface area contributed by atoms with Crippen molar-refractivity contribution in [3.63, 3.8) is 0 Å². The molecule has 0 aromatic heterocycles. The maximum absolute atomic E-state index is 12.7. The first-order valence-electron chi connectivity index (χ1n) is 9.71. The molecule has 2 saturated heterocycles. The summed E-state index contributed by atoms with van der Waals surface area (Å²) in [6.45, 7) is 6.84. The highest BCUT2D eigenvalue weighted by molar-refractivity contribution is 5.78. The van der Waals surface area contributed by atoms with Crippen LogP contribution in [0.3, 0.4) is 0 Å². The number of rotatable bonds is 5. The van der Waals surface area contributed by atoms with Gasteiger partial charge in [0.2, 0.25) is 5.91 Å². The van der Waals surface area contributed by atoms with Crippen LogP contribution in [-0.2, 0) is 11.2 Å². The highest BCUT2D eigenvalue weighted by atomic mass is 16.3. The molecule has 3 rings (SSSR count). The summed E-state index contributed by atoms with van der Waals surface area (Å²) in [7, 11) is 0. The number of carbonyl (C=O) groups excluding carboxylic acids is 1. The summed E-state index contributed by atoms with van der Waals surface area (Å²) in [6, 6.07) is 10.8.